The minimum Gasteiger partial charge on any atom is -0.310 e. The Kier molecular flexibility index (Phi) is 5.36. The van der Waals surface area contributed by atoms with Crippen LogP contribution in [0, 0.1) is 5.41 Å². The fourth-order valence-electron chi connectivity index (χ4n) is 2.69. The molecule has 1 heterocycles. The Morgan fingerprint density at radius 1 is 1.30 bits per heavy atom. The van der Waals surface area contributed by atoms with Crippen LogP contribution in [0.2, 0.25) is 10.0 Å². The van der Waals surface area contributed by atoms with Gasteiger partial charge >= 0.3 is 0 Å². The summed E-state index contributed by atoms with van der Waals surface area (Å²) in [6.45, 7) is 7.91. The number of rotatable bonds is 4. The molecule has 0 aliphatic carbocycles. The largest absolute Gasteiger partial charge is 0.310 e. The first kappa shape index (κ1) is 16.1. The van der Waals surface area contributed by atoms with Crippen molar-refractivity contribution in [1.29, 1.82) is 0 Å². The molecule has 2 rings (SSSR count). The van der Waals surface area contributed by atoms with E-state index >= 15 is 0 Å². The first-order chi connectivity index (χ1) is 9.39. The van der Waals surface area contributed by atoms with Gasteiger partial charge in [-0.3, -0.25) is 0 Å². The second-order valence-electron chi connectivity index (χ2n) is 6.38. The summed E-state index contributed by atoms with van der Waals surface area (Å²) in [5, 5.41) is 5.15. The Bertz CT molecular complexity index is 454. The van der Waals surface area contributed by atoms with Gasteiger partial charge in [-0.15, -0.1) is 0 Å². The van der Waals surface area contributed by atoms with Crippen LogP contribution in [0.4, 0.5) is 0 Å². The smallest absolute Gasteiger partial charge is 0.0454 e. The second-order valence-corrected chi connectivity index (χ2v) is 7.23. The molecular weight excluding hydrogens is 291 g/mol. The Labute approximate surface area is 132 Å². The number of nitrogens with one attached hydrogen (secondary N) is 1. The molecule has 20 heavy (non-hydrogen) atoms. The Morgan fingerprint density at radius 2 is 1.95 bits per heavy atom. The highest BCUT2D eigenvalue weighted by atomic mass is 35.5. The zero-order valence-corrected chi connectivity index (χ0v) is 14.1. The normalized spacial score (nSPS) is 20.9. The summed E-state index contributed by atoms with van der Waals surface area (Å²) >= 11 is 12.3. The molecule has 0 radical (unpaired) electrons. The topological polar surface area (TPSA) is 15.3 Å². The highest BCUT2D eigenvalue weighted by molar-refractivity contribution is 6.33. The molecule has 1 aromatic rings. The molecule has 0 amide bonds. The summed E-state index contributed by atoms with van der Waals surface area (Å²) in [5.74, 6) is 0. The fourth-order valence-corrected chi connectivity index (χ4v) is 3.15. The van der Waals surface area contributed by atoms with E-state index in [1.165, 1.54) is 25.9 Å². The van der Waals surface area contributed by atoms with Gasteiger partial charge in [0.15, 0.2) is 0 Å². The van der Waals surface area contributed by atoms with Gasteiger partial charge in [0.05, 0.1) is 0 Å². The number of likely N-dealkylation sites (tertiary alicyclic amines) is 1. The fraction of sp³-hybridized carbons (Fsp3) is 0.625. The summed E-state index contributed by atoms with van der Waals surface area (Å²) in [7, 11) is 2.20. The van der Waals surface area contributed by atoms with Gasteiger partial charge in [-0.25, -0.2) is 0 Å². The minimum atomic E-state index is 0.220. The maximum absolute atomic E-state index is 6.26. The van der Waals surface area contributed by atoms with Crippen LogP contribution in [0.5, 0.6) is 0 Å². The standard InChI is InChI=1S/C16H24Cl2N2/c1-12(14-10-13(17)4-5-15(14)18)19-11-16(2)6-8-20(3)9-7-16/h4-5,10,12,19H,6-9,11H2,1-3H3. The molecule has 4 heteroatoms. The van der Waals surface area contributed by atoms with Gasteiger partial charge in [0, 0.05) is 22.6 Å². The summed E-state index contributed by atoms with van der Waals surface area (Å²) in [4.78, 5) is 2.40. The first-order valence-electron chi connectivity index (χ1n) is 7.26. The van der Waals surface area contributed by atoms with Crippen molar-refractivity contribution in [3.63, 3.8) is 0 Å². The van der Waals surface area contributed by atoms with E-state index in [1.54, 1.807) is 0 Å². The minimum absolute atomic E-state index is 0.220. The summed E-state index contributed by atoms with van der Waals surface area (Å²) in [6.07, 6.45) is 2.49. The Hall–Kier alpha value is -0.280. The average Bonchev–Trinajstić information content (AvgIpc) is 2.43. The second kappa shape index (κ2) is 6.65. The predicted molar refractivity (Wildman–Crippen MR) is 87.7 cm³/mol. The highest BCUT2D eigenvalue weighted by Gasteiger charge is 2.29. The molecular formula is C16H24Cl2N2. The molecule has 0 aromatic heterocycles. The maximum atomic E-state index is 6.26. The van der Waals surface area contributed by atoms with Crippen molar-refractivity contribution in [2.75, 3.05) is 26.7 Å². The number of piperidine rings is 1. The highest BCUT2D eigenvalue weighted by Crippen LogP contribution is 2.31. The first-order valence-corrected chi connectivity index (χ1v) is 8.02. The van der Waals surface area contributed by atoms with Crippen LogP contribution in [0.3, 0.4) is 0 Å². The lowest BCUT2D eigenvalue weighted by molar-refractivity contribution is 0.134. The molecule has 1 fully saturated rings. The molecule has 1 unspecified atom stereocenters. The lowest BCUT2D eigenvalue weighted by atomic mass is 9.80. The van der Waals surface area contributed by atoms with Crippen LogP contribution in [0.1, 0.15) is 38.3 Å². The van der Waals surface area contributed by atoms with Gasteiger partial charge < -0.3 is 10.2 Å². The monoisotopic (exact) mass is 314 g/mol. The van der Waals surface area contributed by atoms with Gasteiger partial charge in [0.1, 0.15) is 0 Å². The quantitative estimate of drug-likeness (QED) is 0.887. The van der Waals surface area contributed by atoms with Crippen LogP contribution in [-0.2, 0) is 0 Å². The van der Waals surface area contributed by atoms with E-state index in [0.717, 1.165) is 22.2 Å². The van der Waals surface area contributed by atoms with Gasteiger partial charge in [-0.1, -0.05) is 30.1 Å². The third-order valence-electron chi connectivity index (χ3n) is 4.45. The number of hydrogen-bond donors (Lipinski definition) is 1. The van der Waals surface area contributed by atoms with Crippen molar-refractivity contribution >= 4 is 23.2 Å². The number of hydrogen-bond acceptors (Lipinski definition) is 2. The molecule has 1 N–H and O–H groups in total. The molecule has 1 aliphatic rings. The van der Waals surface area contributed by atoms with E-state index in [1.807, 2.05) is 18.2 Å². The van der Waals surface area contributed by atoms with Crippen molar-refractivity contribution < 1.29 is 0 Å². The Morgan fingerprint density at radius 3 is 2.60 bits per heavy atom. The molecule has 1 aromatic carbocycles. The number of nitrogens with zero attached hydrogens (tertiary/aromatic N) is 1. The third kappa shape index (κ3) is 4.11. The van der Waals surface area contributed by atoms with E-state index in [9.17, 15) is 0 Å². The molecule has 1 saturated heterocycles. The van der Waals surface area contributed by atoms with Crippen LogP contribution < -0.4 is 5.32 Å². The van der Waals surface area contributed by atoms with Crippen LogP contribution in [0.25, 0.3) is 0 Å². The van der Waals surface area contributed by atoms with Crippen LogP contribution in [0.15, 0.2) is 18.2 Å². The number of benzene rings is 1. The molecule has 0 bridgehead atoms. The van der Waals surface area contributed by atoms with Crippen molar-refractivity contribution in [1.82, 2.24) is 10.2 Å². The van der Waals surface area contributed by atoms with Gasteiger partial charge in [0.25, 0.3) is 0 Å². The molecule has 0 spiro atoms. The molecule has 1 aliphatic heterocycles. The van der Waals surface area contributed by atoms with Crippen LogP contribution in [-0.4, -0.2) is 31.6 Å². The van der Waals surface area contributed by atoms with E-state index in [4.69, 9.17) is 23.2 Å². The maximum Gasteiger partial charge on any atom is 0.0454 e. The van der Waals surface area contributed by atoms with Gasteiger partial charge in [-0.2, -0.15) is 0 Å². The van der Waals surface area contributed by atoms with Crippen molar-refractivity contribution in [3.05, 3.63) is 33.8 Å². The lowest BCUT2D eigenvalue weighted by Crippen LogP contribution is -2.42. The van der Waals surface area contributed by atoms with Crippen molar-refractivity contribution in [3.8, 4) is 0 Å². The zero-order valence-electron chi connectivity index (χ0n) is 12.5. The predicted octanol–water partition coefficient (Wildman–Crippen LogP) is 4.38. The van der Waals surface area contributed by atoms with Crippen LogP contribution >= 0.6 is 23.2 Å². The summed E-state index contributed by atoms with van der Waals surface area (Å²) < 4.78 is 0. The third-order valence-corrected chi connectivity index (χ3v) is 5.03. The molecule has 0 saturated carbocycles. The van der Waals surface area contributed by atoms with Crippen molar-refractivity contribution in [2.24, 2.45) is 5.41 Å². The van der Waals surface area contributed by atoms with E-state index in [0.29, 0.717) is 5.41 Å². The lowest BCUT2D eigenvalue weighted by Gasteiger charge is -2.38. The molecule has 112 valence electrons. The molecule has 1 atom stereocenters. The summed E-state index contributed by atoms with van der Waals surface area (Å²) in [5.41, 5.74) is 1.46. The van der Waals surface area contributed by atoms with E-state index in [-0.39, 0.29) is 6.04 Å². The van der Waals surface area contributed by atoms with Gasteiger partial charge in [0.2, 0.25) is 0 Å². The Balaban J connectivity index is 1.95. The number of halogens is 2. The summed E-state index contributed by atoms with van der Waals surface area (Å²) in [6, 6.07) is 5.88. The van der Waals surface area contributed by atoms with E-state index in [2.05, 4.69) is 31.1 Å². The van der Waals surface area contributed by atoms with Gasteiger partial charge in [-0.05, 0) is 69.1 Å². The van der Waals surface area contributed by atoms with Crippen molar-refractivity contribution in [2.45, 2.75) is 32.7 Å². The molecule has 2 nitrogen and oxygen atoms in total. The average molecular weight is 315 g/mol. The van der Waals surface area contributed by atoms with E-state index < -0.39 is 0 Å². The zero-order chi connectivity index (χ0) is 14.8. The SMILES string of the molecule is CC(NCC1(C)CCN(C)CC1)c1cc(Cl)ccc1Cl.